The molecule has 5 aromatic heterocycles. The lowest BCUT2D eigenvalue weighted by atomic mass is 9.97. The molecule has 0 amide bonds. The fourth-order valence-corrected chi connectivity index (χ4v) is 6.10. The Morgan fingerprint density at radius 2 is 0.814 bits per heavy atom. The van der Waals surface area contributed by atoms with E-state index < -0.39 is 0 Å². The Bertz CT molecular complexity index is 2110. The number of pyridine rings is 5. The predicted molar refractivity (Wildman–Crippen MR) is 168 cm³/mol. The summed E-state index contributed by atoms with van der Waals surface area (Å²) in [6.07, 6.45) is 20.7. The van der Waals surface area contributed by atoms with Gasteiger partial charge in [-0.25, -0.2) is 9.13 Å². The van der Waals surface area contributed by atoms with E-state index in [1.165, 1.54) is 60.1 Å². The SMILES string of the molecule is c1cc(C[n+]2ccc(-c3cc[n+](Cc4ccc(C[n+]5cc6ccc7cncc8ccc(c5)c6c78)cc4)cc3)cc2)ccn1. The second kappa shape index (κ2) is 10.7. The lowest BCUT2D eigenvalue weighted by molar-refractivity contribution is -0.688. The van der Waals surface area contributed by atoms with Gasteiger partial charge in [-0.2, -0.15) is 4.57 Å². The zero-order chi connectivity index (χ0) is 28.6. The van der Waals surface area contributed by atoms with Crippen molar-refractivity contribution in [1.82, 2.24) is 9.97 Å². The average molecular weight is 557 g/mol. The van der Waals surface area contributed by atoms with Crippen LogP contribution in [0.2, 0.25) is 0 Å². The molecule has 8 aromatic rings. The summed E-state index contributed by atoms with van der Waals surface area (Å²) in [7, 11) is 0. The van der Waals surface area contributed by atoms with Crippen molar-refractivity contribution in [2.75, 3.05) is 0 Å². The Morgan fingerprint density at radius 1 is 0.395 bits per heavy atom. The van der Waals surface area contributed by atoms with Crippen LogP contribution in [0.15, 0.2) is 147 Å². The molecule has 5 nitrogen and oxygen atoms in total. The molecule has 0 aliphatic carbocycles. The molecule has 0 N–H and O–H groups in total. The third kappa shape index (κ3) is 5.06. The maximum atomic E-state index is 4.40. The zero-order valence-corrected chi connectivity index (χ0v) is 23.7. The van der Waals surface area contributed by atoms with Gasteiger partial charge in [-0.3, -0.25) is 9.97 Å². The quantitative estimate of drug-likeness (QED) is 0.177. The molecule has 0 aliphatic heterocycles. The lowest BCUT2D eigenvalue weighted by Crippen LogP contribution is -2.34. The van der Waals surface area contributed by atoms with E-state index in [1.54, 1.807) is 0 Å². The van der Waals surface area contributed by atoms with Crippen LogP contribution in [0.1, 0.15) is 16.7 Å². The van der Waals surface area contributed by atoms with Crippen LogP contribution in [0, 0.1) is 0 Å². The minimum absolute atomic E-state index is 0.833. The van der Waals surface area contributed by atoms with Gasteiger partial charge >= 0.3 is 0 Å². The first-order valence-electron chi connectivity index (χ1n) is 14.6. The second-order valence-electron chi connectivity index (χ2n) is 11.3. The predicted octanol–water partition coefficient (Wildman–Crippen LogP) is 6.05. The normalized spacial score (nSPS) is 11.5. The molecule has 0 saturated heterocycles. The van der Waals surface area contributed by atoms with E-state index in [0.29, 0.717) is 0 Å². The average Bonchev–Trinajstić information content (AvgIpc) is 3.06. The Labute approximate surface area is 250 Å². The minimum Gasteiger partial charge on any atom is -0.265 e. The standard InChI is InChI=1S/C38H30N5/c1-3-29(25-43-26-35-7-5-33-21-40-22-34-6-8-36(27-43)38(35)37(33)34)4-2-28(1)23-41-17-11-31(12-18-41)32-13-19-42(20-14-32)24-30-9-15-39-16-10-30/h1-22,26-27H,23-25H2/q+3. The lowest BCUT2D eigenvalue weighted by Gasteiger charge is -2.09. The largest absolute Gasteiger partial charge is 0.265 e. The van der Waals surface area contributed by atoms with Gasteiger partial charge in [0.05, 0.1) is 0 Å². The number of hydrogen-bond acceptors (Lipinski definition) is 2. The third-order valence-corrected chi connectivity index (χ3v) is 8.31. The van der Waals surface area contributed by atoms with Gasteiger partial charge in [0.2, 0.25) is 0 Å². The highest BCUT2D eigenvalue weighted by molar-refractivity contribution is 6.21. The maximum Gasteiger partial charge on any atom is 0.177 e. The molecule has 0 bridgehead atoms. The van der Waals surface area contributed by atoms with Crippen LogP contribution >= 0.6 is 0 Å². The number of aromatic nitrogens is 5. The molecule has 0 aliphatic rings. The van der Waals surface area contributed by atoms with E-state index in [9.17, 15) is 0 Å². The Hall–Kier alpha value is -5.55. The molecule has 0 atom stereocenters. The molecule has 204 valence electrons. The van der Waals surface area contributed by atoms with Crippen LogP contribution in [-0.2, 0) is 19.6 Å². The van der Waals surface area contributed by atoms with Crippen LogP contribution in [-0.4, -0.2) is 9.97 Å². The van der Waals surface area contributed by atoms with E-state index in [-0.39, 0.29) is 0 Å². The van der Waals surface area contributed by atoms with Gasteiger partial charge in [0.15, 0.2) is 56.8 Å². The summed E-state index contributed by atoms with van der Waals surface area (Å²) in [6, 6.07) is 30.6. The van der Waals surface area contributed by atoms with E-state index in [4.69, 9.17) is 0 Å². The highest BCUT2D eigenvalue weighted by atomic mass is 14.9. The van der Waals surface area contributed by atoms with Crippen molar-refractivity contribution in [3.05, 3.63) is 164 Å². The summed E-state index contributed by atoms with van der Waals surface area (Å²) in [6.45, 7) is 2.51. The van der Waals surface area contributed by atoms with Gasteiger partial charge in [-0.05, 0) is 35.4 Å². The van der Waals surface area contributed by atoms with Crippen LogP contribution in [0.3, 0.4) is 0 Å². The van der Waals surface area contributed by atoms with Gasteiger partial charge in [-0.1, -0.05) is 36.4 Å². The van der Waals surface area contributed by atoms with Gasteiger partial charge in [0.1, 0.15) is 0 Å². The van der Waals surface area contributed by atoms with Crippen molar-refractivity contribution in [1.29, 1.82) is 0 Å². The van der Waals surface area contributed by atoms with Crippen LogP contribution < -0.4 is 13.7 Å². The number of nitrogens with zero attached hydrogens (tertiary/aromatic N) is 5. The fourth-order valence-electron chi connectivity index (χ4n) is 6.10. The van der Waals surface area contributed by atoms with Gasteiger partial charge in [-0.15, -0.1) is 0 Å². The minimum atomic E-state index is 0.833. The third-order valence-electron chi connectivity index (χ3n) is 8.31. The molecule has 5 heterocycles. The summed E-state index contributed by atoms with van der Waals surface area (Å²) in [5.41, 5.74) is 6.24. The molecule has 0 fully saturated rings. The fraction of sp³-hybridized carbons (Fsp3) is 0.0789. The first kappa shape index (κ1) is 25.2. The monoisotopic (exact) mass is 556 g/mol. The van der Waals surface area contributed by atoms with Gasteiger partial charge < -0.3 is 0 Å². The van der Waals surface area contributed by atoms with Crippen molar-refractivity contribution in [3.63, 3.8) is 0 Å². The summed E-state index contributed by atoms with van der Waals surface area (Å²) in [5, 5.41) is 7.55. The summed E-state index contributed by atoms with van der Waals surface area (Å²) in [4.78, 5) is 8.50. The van der Waals surface area contributed by atoms with Gasteiger partial charge in [0.25, 0.3) is 0 Å². The van der Waals surface area contributed by atoms with Crippen molar-refractivity contribution >= 4 is 32.3 Å². The zero-order valence-electron chi connectivity index (χ0n) is 23.7. The molecule has 0 saturated carbocycles. The molecular formula is C38H30N5+3. The van der Waals surface area contributed by atoms with Crippen molar-refractivity contribution in [2.45, 2.75) is 19.6 Å². The summed E-state index contributed by atoms with van der Waals surface area (Å²) in [5.74, 6) is 0. The summed E-state index contributed by atoms with van der Waals surface area (Å²) < 4.78 is 6.72. The molecule has 43 heavy (non-hydrogen) atoms. The highest BCUT2D eigenvalue weighted by Crippen LogP contribution is 2.32. The molecule has 5 heteroatoms. The number of benzene rings is 3. The van der Waals surface area contributed by atoms with Crippen LogP contribution in [0.5, 0.6) is 0 Å². The van der Waals surface area contributed by atoms with Crippen molar-refractivity contribution in [3.8, 4) is 11.1 Å². The molecule has 0 radical (unpaired) electrons. The maximum absolute atomic E-state index is 4.40. The van der Waals surface area contributed by atoms with Crippen molar-refractivity contribution in [2.24, 2.45) is 0 Å². The van der Waals surface area contributed by atoms with Crippen LogP contribution in [0.25, 0.3) is 43.4 Å². The van der Waals surface area contributed by atoms with E-state index in [0.717, 1.165) is 19.6 Å². The number of hydrogen-bond donors (Lipinski definition) is 0. The Morgan fingerprint density at radius 3 is 1.33 bits per heavy atom. The number of rotatable bonds is 7. The topological polar surface area (TPSA) is 37.4 Å². The molecule has 0 unspecified atom stereocenters. The molecule has 0 spiro atoms. The van der Waals surface area contributed by atoms with E-state index in [2.05, 4.69) is 146 Å². The smallest absolute Gasteiger partial charge is 0.177 e. The second-order valence-corrected chi connectivity index (χ2v) is 11.3. The first-order chi connectivity index (χ1) is 21.2. The van der Waals surface area contributed by atoms with Crippen LogP contribution in [0.4, 0.5) is 0 Å². The Kier molecular flexibility index (Phi) is 6.26. The summed E-state index contributed by atoms with van der Waals surface area (Å²) >= 11 is 0. The first-order valence-corrected chi connectivity index (χ1v) is 14.6. The van der Waals surface area contributed by atoms with E-state index in [1.807, 2.05) is 24.8 Å². The molecular weight excluding hydrogens is 526 g/mol. The highest BCUT2D eigenvalue weighted by Gasteiger charge is 2.14. The molecule has 8 rings (SSSR count). The van der Waals surface area contributed by atoms with E-state index >= 15 is 0 Å². The van der Waals surface area contributed by atoms with Gasteiger partial charge in [0, 0.05) is 98.1 Å². The van der Waals surface area contributed by atoms with Crippen molar-refractivity contribution < 1.29 is 13.7 Å². The molecule has 3 aromatic carbocycles. The Balaban J connectivity index is 0.945.